The lowest BCUT2D eigenvalue weighted by Crippen LogP contribution is -2.50. The fourth-order valence-electron chi connectivity index (χ4n) is 7.52. The van der Waals surface area contributed by atoms with Gasteiger partial charge < -0.3 is 15.3 Å². The maximum absolute atomic E-state index is 11.5. The number of benzene rings is 1. The number of allylic oxidation sites excluding steroid dienone is 2. The van der Waals surface area contributed by atoms with Gasteiger partial charge in [-0.3, -0.25) is 0 Å². The van der Waals surface area contributed by atoms with E-state index in [-0.39, 0.29) is 11.3 Å². The third kappa shape index (κ3) is 3.55. The van der Waals surface area contributed by atoms with Crippen LogP contribution in [0.5, 0.6) is 5.75 Å². The number of aliphatic hydroxyl groups excluding tert-OH is 1. The first-order chi connectivity index (χ1) is 13.6. The van der Waals surface area contributed by atoms with Gasteiger partial charge in [0.15, 0.2) is 0 Å². The smallest absolute Gasteiger partial charge is 0.115 e. The number of phenolic OH excluding ortho intramolecular Hbond substituents is 1. The van der Waals surface area contributed by atoms with Crippen LogP contribution in [0.2, 0.25) is 0 Å². The Hall–Kier alpha value is -1.32. The molecule has 0 saturated heterocycles. The molecule has 3 aliphatic rings. The van der Waals surface area contributed by atoms with Crippen molar-refractivity contribution in [3.05, 3.63) is 41.0 Å². The molecule has 0 heterocycles. The fraction of sp³-hybridized carbons (Fsp3) is 0.692. The second-order valence-electron chi connectivity index (χ2n) is 10.8. The van der Waals surface area contributed by atoms with Crippen LogP contribution in [0.4, 0.5) is 0 Å². The van der Waals surface area contributed by atoms with Crippen LogP contribution < -0.4 is 0 Å². The summed E-state index contributed by atoms with van der Waals surface area (Å²) < 4.78 is 0. The van der Waals surface area contributed by atoms with Crippen LogP contribution in [-0.2, 0) is 6.42 Å². The molecule has 160 valence electrons. The van der Waals surface area contributed by atoms with E-state index in [2.05, 4.69) is 32.9 Å². The van der Waals surface area contributed by atoms with Crippen LogP contribution in [-0.4, -0.2) is 27.0 Å². The molecule has 0 spiro atoms. The highest BCUT2D eigenvalue weighted by Gasteiger charge is 2.61. The zero-order chi connectivity index (χ0) is 21.0. The standard InChI is InChI=1S/C26H38O3/c1-16(2)6-5-12-26(4,29)24-23(28)15-22-21-9-7-17-14-18(27)8-10-19(17)20(21)11-13-25(22,24)3/h6,8,10,14,20-24,27-29H,5,7,9,11-13,15H2,1-4H3/t20-,21-,22+,23+,24+,25+,26+/m1/s1. The van der Waals surface area contributed by atoms with Crippen molar-refractivity contribution < 1.29 is 15.3 Å². The predicted octanol–water partition coefficient (Wildman–Crippen LogP) is 5.33. The summed E-state index contributed by atoms with van der Waals surface area (Å²) in [7, 11) is 0. The van der Waals surface area contributed by atoms with E-state index in [9.17, 15) is 15.3 Å². The minimum Gasteiger partial charge on any atom is -0.508 e. The van der Waals surface area contributed by atoms with Crippen molar-refractivity contribution in [1.82, 2.24) is 0 Å². The number of aryl methyl sites for hydroxylation is 1. The van der Waals surface area contributed by atoms with E-state index in [1.54, 1.807) is 0 Å². The van der Waals surface area contributed by atoms with Gasteiger partial charge >= 0.3 is 0 Å². The molecular weight excluding hydrogens is 360 g/mol. The molecule has 1 aromatic rings. The molecule has 2 saturated carbocycles. The molecule has 3 heteroatoms. The maximum atomic E-state index is 11.5. The van der Waals surface area contributed by atoms with Crippen LogP contribution >= 0.6 is 0 Å². The second kappa shape index (κ2) is 7.42. The quantitative estimate of drug-likeness (QED) is 0.601. The van der Waals surface area contributed by atoms with Crippen molar-refractivity contribution in [2.45, 2.75) is 90.3 Å². The molecule has 2 fully saturated rings. The first kappa shape index (κ1) is 20.9. The molecule has 29 heavy (non-hydrogen) atoms. The number of hydrogen-bond acceptors (Lipinski definition) is 3. The molecule has 0 bridgehead atoms. The van der Waals surface area contributed by atoms with Crippen molar-refractivity contribution in [2.24, 2.45) is 23.2 Å². The number of aliphatic hydroxyl groups is 2. The third-order valence-corrected chi connectivity index (χ3v) is 8.61. The van der Waals surface area contributed by atoms with E-state index in [1.165, 1.54) is 16.7 Å². The Kier molecular flexibility index (Phi) is 5.36. The van der Waals surface area contributed by atoms with Crippen LogP contribution in [0, 0.1) is 23.2 Å². The minimum atomic E-state index is -0.847. The molecule has 0 aromatic heterocycles. The lowest BCUT2D eigenvalue weighted by atomic mass is 9.52. The third-order valence-electron chi connectivity index (χ3n) is 8.61. The van der Waals surface area contributed by atoms with Gasteiger partial charge in [0, 0.05) is 5.92 Å². The number of fused-ring (bicyclic) bond motifs is 5. The molecule has 0 unspecified atom stereocenters. The highest BCUT2D eigenvalue weighted by molar-refractivity contribution is 5.40. The van der Waals surface area contributed by atoms with Crippen LogP contribution in [0.3, 0.4) is 0 Å². The molecule has 0 amide bonds. The van der Waals surface area contributed by atoms with E-state index < -0.39 is 11.7 Å². The van der Waals surface area contributed by atoms with E-state index in [4.69, 9.17) is 0 Å². The summed E-state index contributed by atoms with van der Waals surface area (Å²) in [4.78, 5) is 0. The van der Waals surface area contributed by atoms with Gasteiger partial charge in [0.1, 0.15) is 5.75 Å². The molecule has 3 nitrogen and oxygen atoms in total. The molecule has 7 atom stereocenters. The summed E-state index contributed by atoms with van der Waals surface area (Å²) in [6.07, 6.45) is 8.46. The van der Waals surface area contributed by atoms with Gasteiger partial charge in [0.05, 0.1) is 11.7 Å². The van der Waals surface area contributed by atoms with Gasteiger partial charge in [-0.05, 0) is 112 Å². The van der Waals surface area contributed by atoms with Gasteiger partial charge in [-0.2, -0.15) is 0 Å². The average Bonchev–Trinajstić information content (AvgIpc) is 2.91. The molecular formula is C26H38O3. The van der Waals surface area contributed by atoms with Crippen LogP contribution in [0.1, 0.15) is 83.3 Å². The molecule has 0 radical (unpaired) electrons. The topological polar surface area (TPSA) is 60.7 Å². The first-order valence-corrected chi connectivity index (χ1v) is 11.5. The molecule has 3 aliphatic carbocycles. The summed E-state index contributed by atoms with van der Waals surface area (Å²) in [5.74, 6) is 1.86. The minimum absolute atomic E-state index is 0.0104. The average molecular weight is 399 g/mol. The normalized spacial score (nSPS) is 37.8. The molecule has 3 N–H and O–H groups in total. The Morgan fingerprint density at radius 1 is 1.28 bits per heavy atom. The van der Waals surface area contributed by atoms with Crippen molar-refractivity contribution in [2.75, 3.05) is 0 Å². The lowest BCUT2D eigenvalue weighted by molar-refractivity contribution is -0.110. The summed E-state index contributed by atoms with van der Waals surface area (Å²) in [5.41, 5.74) is 3.14. The summed E-state index contributed by atoms with van der Waals surface area (Å²) in [5, 5.41) is 32.5. The number of phenols is 1. The van der Waals surface area contributed by atoms with E-state index >= 15 is 0 Å². The van der Waals surface area contributed by atoms with Gasteiger partial charge in [-0.1, -0.05) is 24.6 Å². The lowest BCUT2D eigenvalue weighted by Gasteiger charge is -2.53. The van der Waals surface area contributed by atoms with Gasteiger partial charge in [0.25, 0.3) is 0 Å². The zero-order valence-corrected chi connectivity index (χ0v) is 18.5. The monoisotopic (exact) mass is 398 g/mol. The molecule has 0 aliphatic heterocycles. The maximum Gasteiger partial charge on any atom is 0.115 e. The Morgan fingerprint density at radius 3 is 2.76 bits per heavy atom. The van der Waals surface area contributed by atoms with Crippen LogP contribution in [0.15, 0.2) is 29.8 Å². The highest BCUT2D eigenvalue weighted by Crippen LogP contribution is 2.65. The predicted molar refractivity (Wildman–Crippen MR) is 117 cm³/mol. The Morgan fingerprint density at radius 2 is 2.03 bits per heavy atom. The first-order valence-electron chi connectivity index (χ1n) is 11.5. The molecule has 1 aromatic carbocycles. The van der Waals surface area contributed by atoms with Gasteiger partial charge in [0.2, 0.25) is 0 Å². The van der Waals surface area contributed by atoms with Crippen molar-refractivity contribution in [3.63, 3.8) is 0 Å². The second-order valence-corrected chi connectivity index (χ2v) is 10.8. The Labute approximate surface area is 175 Å². The van der Waals surface area contributed by atoms with E-state index in [0.717, 1.165) is 38.5 Å². The molecule has 4 rings (SSSR count). The highest BCUT2D eigenvalue weighted by atomic mass is 16.3. The Bertz CT molecular complexity index is 791. The van der Waals surface area contributed by atoms with E-state index in [1.807, 2.05) is 19.1 Å². The number of hydrogen-bond donors (Lipinski definition) is 3. The van der Waals surface area contributed by atoms with Crippen molar-refractivity contribution in [1.29, 1.82) is 0 Å². The Balaban J connectivity index is 1.60. The van der Waals surface area contributed by atoms with Gasteiger partial charge in [-0.25, -0.2) is 0 Å². The van der Waals surface area contributed by atoms with Gasteiger partial charge in [-0.15, -0.1) is 0 Å². The van der Waals surface area contributed by atoms with Crippen LogP contribution in [0.25, 0.3) is 0 Å². The number of aromatic hydroxyl groups is 1. The van der Waals surface area contributed by atoms with Crippen molar-refractivity contribution >= 4 is 0 Å². The number of rotatable bonds is 4. The zero-order valence-electron chi connectivity index (χ0n) is 18.5. The SMILES string of the molecule is CC(C)=CCC[C@](C)(O)[C@H]1[C@@H](O)C[C@H]2[C@@H]3CCc4cc(O)ccc4[C@H]3CC[C@@]21C. The van der Waals surface area contributed by atoms with Crippen molar-refractivity contribution in [3.8, 4) is 5.75 Å². The summed E-state index contributed by atoms with van der Waals surface area (Å²) >= 11 is 0. The largest absolute Gasteiger partial charge is 0.508 e. The van der Waals surface area contributed by atoms with E-state index in [0.29, 0.717) is 29.9 Å². The fourth-order valence-corrected chi connectivity index (χ4v) is 7.52. The summed E-state index contributed by atoms with van der Waals surface area (Å²) in [6.45, 7) is 8.49. The summed E-state index contributed by atoms with van der Waals surface area (Å²) in [6, 6.07) is 5.90.